The summed E-state index contributed by atoms with van der Waals surface area (Å²) in [6.45, 7) is 0.171. The molecule has 1 heterocycles. The Morgan fingerprint density at radius 3 is 2.28 bits per heavy atom. The molecule has 0 atom stereocenters. The molecule has 1 aliphatic heterocycles. The molecular formula is C32H20BrNO4S. The van der Waals surface area contributed by atoms with E-state index in [1.54, 1.807) is 30.3 Å². The van der Waals surface area contributed by atoms with Gasteiger partial charge in [0.15, 0.2) is 0 Å². The van der Waals surface area contributed by atoms with Crippen molar-refractivity contribution in [2.45, 2.75) is 6.54 Å². The number of imide groups is 1. The van der Waals surface area contributed by atoms with Gasteiger partial charge in [-0.3, -0.25) is 14.5 Å². The zero-order valence-corrected chi connectivity index (χ0v) is 22.9. The molecule has 0 bridgehead atoms. The molecule has 5 nitrogen and oxygen atoms in total. The zero-order valence-electron chi connectivity index (χ0n) is 20.5. The summed E-state index contributed by atoms with van der Waals surface area (Å²) < 4.78 is 6.56. The topological polar surface area (TPSA) is 63.7 Å². The minimum atomic E-state index is -0.507. The SMILES string of the molecule is O=C(Oc1ccc(Br)cc1/C=C1\SC(=O)N(Cc2cccc3ccccc23)C1=O)c1cccc2ccccc12. The molecule has 2 amide bonds. The lowest BCUT2D eigenvalue weighted by Gasteiger charge is -2.14. The van der Waals surface area contributed by atoms with Gasteiger partial charge < -0.3 is 4.74 Å². The summed E-state index contributed by atoms with van der Waals surface area (Å²) in [5.74, 6) is -0.603. The normalized spacial score (nSPS) is 14.5. The Bertz CT molecular complexity index is 1820. The van der Waals surface area contributed by atoms with E-state index >= 15 is 0 Å². The van der Waals surface area contributed by atoms with Crippen LogP contribution >= 0.6 is 27.7 Å². The third-order valence-corrected chi connectivity index (χ3v) is 7.95. The minimum Gasteiger partial charge on any atom is -0.422 e. The molecule has 39 heavy (non-hydrogen) atoms. The number of fused-ring (bicyclic) bond motifs is 2. The molecule has 190 valence electrons. The number of hydrogen-bond donors (Lipinski definition) is 0. The second kappa shape index (κ2) is 10.5. The van der Waals surface area contributed by atoms with Crippen molar-refractivity contribution in [1.29, 1.82) is 0 Å². The maximum absolute atomic E-state index is 13.3. The smallest absolute Gasteiger partial charge is 0.344 e. The van der Waals surface area contributed by atoms with Crippen LogP contribution in [0.1, 0.15) is 21.5 Å². The van der Waals surface area contributed by atoms with Crippen molar-refractivity contribution in [2.24, 2.45) is 0 Å². The number of ether oxygens (including phenoxy) is 1. The third-order valence-electron chi connectivity index (χ3n) is 6.55. The fourth-order valence-corrected chi connectivity index (χ4v) is 5.87. The van der Waals surface area contributed by atoms with Gasteiger partial charge in [-0.1, -0.05) is 94.8 Å². The summed E-state index contributed by atoms with van der Waals surface area (Å²) in [6.07, 6.45) is 1.60. The van der Waals surface area contributed by atoms with Crippen molar-refractivity contribution >= 4 is 72.4 Å². The quantitative estimate of drug-likeness (QED) is 0.117. The number of benzene rings is 5. The Labute approximate surface area is 237 Å². The molecule has 5 aromatic carbocycles. The average molecular weight is 594 g/mol. The fraction of sp³-hybridized carbons (Fsp3) is 0.0312. The molecular weight excluding hydrogens is 574 g/mol. The summed E-state index contributed by atoms with van der Waals surface area (Å²) >= 11 is 4.33. The highest BCUT2D eigenvalue weighted by Crippen LogP contribution is 2.36. The van der Waals surface area contributed by atoms with E-state index in [-0.39, 0.29) is 28.3 Å². The third kappa shape index (κ3) is 4.99. The number of hydrogen-bond acceptors (Lipinski definition) is 5. The number of rotatable bonds is 5. The molecule has 6 rings (SSSR count). The van der Waals surface area contributed by atoms with E-state index in [0.717, 1.165) is 43.3 Å². The molecule has 0 radical (unpaired) electrons. The first-order valence-electron chi connectivity index (χ1n) is 12.2. The van der Waals surface area contributed by atoms with E-state index < -0.39 is 5.97 Å². The lowest BCUT2D eigenvalue weighted by molar-refractivity contribution is -0.123. The Kier molecular flexibility index (Phi) is 6.77. The van der Waals surface area contributed by atoms with Crippen molar-refractivity contribution in [3.8, 4) is 5.75 Å². The van der Waals surface area contributed by atoms with Crippen LogP contribution in [0, 0.1) is 0 Å². The maximum Gasteiger partial charge on any atom is 0.344 e. The Morgan fingerprint density at radius 2 is 1.49 bits per heavy atom. The van der Waals surface area contributed by atoms with Gasteiger partial charge in [0.2, 0.25) is 0 Å². The Hall–Kier alpha value is -4.20. The predicted molar refractivity (Wildman–Crippen MR) is 159 cm³/mol. The van der Waals surface area contributed by atoms with Gasteiger partial charge in [0.05, 0.1) is 17.0 Å². The van der Waals surface area contributed by atoms with Gasteiger partial charge in [0, 0.05) is 10.0 Å². The van der Waals surface area contributed by atoms with Crippen LogP contribution < -0.4 is 4.74 Å². The van der Waals surface area contributed by atoms with E-state index in [0.29, 0.717) is 11.1 Å². The Morgan fingerprint density at radius 1 is 0.821 bits per heavy atom. The highest BCUT2D eigenvalue weighted by atomic mass is 79.9. The van der Waals surface area contributed by atoms with Gasteiger partial charge in [-0.15, -0.1) is 0 Å². The average Bonchev–Trinajstić information content (AvgIpc) is 3.21. The molecule has 7 heteroatoms. The van der Waals surface area contributed by atoms with Crippen LogP contribution in [-0.4, -0.2) is 22.0 Å². The van der Waals surface area contributed by atoms with E-state index in [1.807, 2.05) is 78.9 Å². The first-order chi connectivity index (χ1) is 19.0. The van der Waals surface area contributed by atoms with Crippen molar-refractivity contribution in [1.82, 2.24) is 4.90 Å². The van der Waals surface area contributed by atoms with Gasteiger partial charge >= 0.3 is 5.97 Å². The lowest BCUT2D eigenvalue weighted by Crippen LogP contribution is -2.27. The molecule has 1 saturated heterocycles. The molecule has 1 aliphatic rings. The molecule has 0 saturated carbocycles. The number of esters is 1. The second-order valence-corrected chi connectivity index (χ2v) is 10.9. The zero-order chi connectivity index (χ0) is 26.9. The summed E-state index contributed by atoms with van der Waals surface area (Å²) in [5, 5.41) is 3.42. The van der Waals surface area contributed by atoms with E-state index in [4.69, 9.17) is 4.74 Å². The van der Waals surface area contributed by atoms with Crippen LogP contribution in [0.15, 0.2) is 113 Å². The van der Waals surface area contributed by atoms with E-state index in [1.165, 1.54) is 4.90 Å². The van der Waals surface area contributed by atoms with E-state index in [9.17, 15) is 14.4 Å². The summed E-state index contributed by atoms with van der Waals surface area (Å²) in [7, 11) is 0. The number of thioether (sulfide) groups is 1. The summed E-state index contributed by atoms with van der Waals surface area (Å²) in [4.78, 5) is 40.9. The number of nitrogens with zero attached hydrogens (tertiary/aromatic N) is 1. The van der Waals surface area contributed by atoms with Crippen LogP contribution in [-0.2, 0) is 11.3 Å². The predicted octanol–water partition coefficient (Wildman–Crippen LogP) is 8.21. The van der Waals surface area contributed by atoms with Crippen LogP contribution in [0.2, 0.25) is 0 Å². The lowest BCUT2D eigenvalue weighted by atomic mass is 10.0. The number of amides is 2. The monoisotopic (exact) mass is 593 g/mol. The standard InChI is InChI=1S/C32H20BrNO4S/c33-24-15-16-28(38-31(36)27-14-6-10-21-8-2-4-13-26(21)27)23(17-24)18-29-30(35)34(32(37)39-29)19-22-11-5-9-20-7-1-3-12-25(20)22/h1-18H,19H2/b29-18-. The van der Waals surface area contributed by atoms with Gasteiger partial charge in [-0.2, -0.15) is 0 Å². The number of carbonyl (C=O) groups is 3. The summed E-state index contributed by atoms with van der Waals surface area (Å²) in [5.41, 5.74) is 1.84. The molecule has 0 aromatic heterocycles. The van der Waals surface area contributed by atoms with Gasteiger partial charge in [0.25, 0.3) is 11.1 Å². The van der Waals surface area contributed by atoms with Crippen LogP contribution in [0.25, 0.3) is 27.6 Å². The second-order valence-electron chi connectivity index (χ2n) is 9.00. The van der Waals surface area contributed by atoms with E-state index in [2.05, 4.69) is 15.9 Å². The summed E-state index contributed by atoms with van der Waals surface area (Å²) in [6, 6.07) is 32.0. The molecule has 0 unspecified atom stereocenters. The molecule has 0 aliphatic carbocycles. The van der Waals surface area contributed by atoms with Crippen molar-refractivity contribution in [2.75, 3.05) is 0 Å². The van der Waals surface area contributed by atoms with Crippen molar-refractivity contribution in [3.63, 3.8) is 0 Å². The first-order valence-corrected chi connectivity index (χ1v) is 13.8. The molecule has 1 fully saturated rings. The maximum atomic E-state index is 13.3. The van der Waals surface area contributed by atoms with Crippen molar-refractivity contribution in [3.05, 3.63) is 129 Å². The van der Waals surface area contributed by atoms with Crippen LogP contribution in [0.3, 0.4) is 0 Å². The number of halogens is 1. The molecule has 0 N–H and O–H groups in total. The van der Waals surface area contributed by atoms with Gasteiger partial charge in [0.1, 0.15) is 5.75 Å². The molecule has 0 spiro atoms. The Balaban J connectivity index is 1.29. The highest BCUT2D eigenvalue weighted by molar-refractivity contribution is 9.10. The number of carbonyl (C=O) groups excluding carboxylic acids is 3. The highest BCUT2D eigenvalue weighted by Gasteiger charge is 2.35. The van der Waals surface area contributed by atoms with Crippen LogP contribution in [0.4, 0.5) is 4.79 Å². The van der Waals surface area contributed by atoms with Gasteiger partial charge in [-0.25, -0.2) is 4.79 Å². The van der Waals surface area contributed by atoms with Crippen LogP contribution in [0.5, 0.6) is 5.75 Å². The van der Waals surface area contributed by atoms with Gasteiger partial charge in [-0.05, 0) is 69.2 Å². The molecule has 5 aromatic rings. The first kappa shape index (κ1) is 25.1. The minimum absolute atomic E-state index is 0.171. The largest absolute Gasteiger partial charge is 0.422 e. The fourth-order valence-electron chi connectivity index (χ4n) is 4.66. The van der Waals surface area contributed by atoms with Crippen molar-refractivity contribution < 1.29 is 19.1 Å².